The van der Waals surface area contributed by atoms with Gasteiger partial charge in [0.05, 0.1) is 0 Å². The van der Waals surface area contributed by atoms with E-state index in [4.69, 9.17) is 23.2 Å². The van der Waals surface area contributed by atoms with Crippen LogP contribution in [0, 0.1) is 0 Å². The van der Waals surface area contributed by atoms with Gasteiger partial charge in [-0.3, -0.25) is 10.1 Å². The van der Waals surface area contributed by atoms with Gasteiger partial charge in [0.1, 0.15) is 5.54 Å². The van der Waals surface area contributed by atoms with E-state index in [-0.39, 0.29) is 0 Å². The first-order chi connectivity index (χ1) is 8.89. The summed E-state index contributed by atoms with van der Waals surface area (Å²) < 4.78 is 0. The van der Waals surface area contributed by atoms with E-state index in [0.717, 1.165) is 17.7 Å². The number of benzene rings is 1. The molecule has 1 atom stereocenters. The molecule has 0 bridgehead atoms. The SMILES string of the molecule is CC(CSc1cc(Cl)cc(Cl)c1)(NC1CC1)C(=O)O. The van der Waals surface area contributed by atoms with Crippen molar-refractivity contribution in [1.82, 2.24) is 5.32 Å². The Morgan fingerprint density at radius 1 is 1.42 bits per heavy atom. The number of halogens is 2. The maximum absolute atomic E-state index is 11.4. The van der Waals surface area contributed by atoms with Gasteiger partial charge in [0.25, 0.3) is 0 Å². The van der Waals surface area contributed by atoms with Crippen LogP contribution in [0.1, 0.15) is 19.8 Å². The molecule has 1 saturated carbocycles. The maximum atomic E-state index is 11.4. The summed E-state index contributed by atoms with van der Waals surface area (Å²) in [6.45, 7) is 1.72. The van der Waals surface area contributed by atoms with Crippen molar-refractivity contribution in [2.45, 2.75) is 36.2 Å². The summed E-state index contributed by atoms with van der Waals surface area (Å²) >= 11 is 13.3. The predicted molar refractivity (Wildman–Crippen MR) is 79.4 cm³/mol. The van der Waals surface area contributed by atoms with Crippen molar-refractivity contribution in [3.05, 3.63) is 28.2 Å². The van der Waals surface area contributed by atoms with Crippen molar-refractivity contribution >= 4 is 40.9 Å². The van der Waals surface area contributed by atoms with Crippen LogP contribution in [0.2, 0.25) is 10.0 Å². The lowest BCUT2D eigenvalue weighted by atomic mass is 10.1. The topological polar surface area (TPSA) is 49.3 Å². The molecule has 19 heavy (non-hydrogen) atoms. The van der Waals surface area contributed by atoms with Crippen molar-refractivity contribution in [3.8, 4) is 0 Å². The van der Waals surface area contributed by atoms with Crippen LogP contribution < -0.4 is 5.32 Å². The summed E-state index contributed by atoms with van der Waals surface area (Å²) in [6, 6.07) is 5.57. The molecule has 0 aromatic heterocycles. The molecule has 1 unspecified atom stereocenters. The molecule has 2 N–H and O–H groups in total. The van der Waals surface area contributed by atoms with Crippen LogP contribution in [0.15, 0.2) is 23.1 Å². The molecular formula is C13H15Cl2NO2S. The van der Waals surface area contributed by atoms with Gasteiger partial charge in [-0.2, -0.15) is 0 Å². The van der Waals surface area contributed by atoms with Gasteiger partial charge in [0.2, 0.25) is 0 Å². The standard InChI is InChI=1S/C13H15Cl2NO2S/c1-13(12(17)18,16-10-2-3-10)7-19-11-5-8(14)4-9(15)6-11/h4-6,10,16H,2-3,7H2,1H3,(H,17,18). The Balaban J connectivity index is 2.03. The number of thioether (sulfide) groups is 1. The molecule has 0 aliphatic heterocycles. The summed E-state index contributed by atoms with van der Waals surface area (Å²) in [5.74, 6) is -0.407. The quantitative estimate of drug-likeness (QED) is 0.785. The van der Waals surface area contributed by atoms with E-state index in [9.17, 15) is 9.90 Å². The van der Waals surface area contributed by atoms with E-state index < -0.39 is 11.5 Å². The Morgan fingerprint density at radius 2 is 2.00 bits per heavy atom. The van der Waals surface area contributed by atoms with Gasteiger partial charge in [-0.1, -0.05) is 23.2 Å². The summed E-state index contributed by atoms with van der Waals surface area (Å²) in [7, 11) is 0. The molecule has 0 spiro atoms. The second-order valence-corrected chi connectivity index (χ2v) is 6.87. The third kappa shape index (κ3) is 4.28. The zero-order chi connectivity index (χ0) is 14.0. The highest BCUT2D eigenvalue weighted by Crippen LogP contribution is 2.30. The Bertz CT molecular complexity index is 473. The molecule has 2 rings (SSSR count). The van der Waals surface area contributed by atoms with E-state index in [0.29, 0.717) is 21.8 Å². The van der Waals surface area contributed by atoms with Gasteiger partial charge in [0, 0.05) is 26.7 Å². The van der Waals surface area contributed by atoms with Crippen molar-refractivity contribution in [2.24, 2.45) is 0 Å². The molecule has 1 aromatic carbocycles. The molecular weight excluding hydrogens is 305 g/mol. The Labute approximate surface area is 126 Å². The smallest absolute Gasteiger partial charge is 0.324 e. The van der Waals surface area contributed by atoms with Crippen molar-refractivity contribution in [2.75, 3.05) is 5.75 Å². The second kappa shape index (κ2) is 5.92. The van der Waals surface area contributed by atoms with Crippen LogP contribution in [0.3, 0.4) is 0 Å². The molecule has 1 aliphatic rings. The van der Waals surface area contributed by atoms with Crippen LogP contribution in [-0.2, 0) is 4.79 Å². The summed E-state index contributed by atoms with van der Waals surface area (Å²) in [4.78, 5) is 12.3. The highest BCUT2D eigenvalue weighted by atomic mass is 35.5. The molecule has 0 radical (unpaired) electrons. The average molecular weight is 320 g/mol. The minimum absolute atomic E-state index is 0.338. The molecule has 3 nitrogen and oxygen atoms in total. The minimum Gasteiger partial charge on any atom is -0.480 e. The van der Waals surface area contributed by atoms with Crippen LogP contribution >= 0.6 is 35.0 Å². The number of carboxylic acid groups (broad SMARTS) is 1. The summed E-state index contributed by atoms with van der Waals surface area (Å²) in [5.41, 5.74) is -0.930. The second-order valence-electron chi connectivity index (χ2n) is 4.95. The predicted octanol–water partition coefficient (Wildman–Crippen LogP) is 3.68. The monoisotopic (exact) mass is 319 g/mol. The summed E-state index contributed by atoms with van der Waals surface area (Å²) in [6.07, 6.45) is 2.10. The first-order valence-electron chi connectivity index (χ1n) is 5.99. The molecule has 1 fully saturated rings. The van der Waals surface area contributed by atoms with Gasteiger partial charge in [-0.05, 0) is 38.0 Å². The number of hydrogen-bond acceptors (Lipinski definition) is 3. The maximum Gasteiger partial charge on any atom is 0.324 e. The lowest BCUT2D eigenvalue weighted by Gasteiger charge is -2.26. The van der Waals surface area contributed by atoms with Gasteiger partial charge in [0.15, 0.2) is 0 Å². The number of carbonyl (C=O) groups is 1. The van der Waals surface area contributed by atoms with Gasteiger partial charge < -0.3 is 5.11 Å². The molecule has 6 heteroatoms. The molecule has 0 amide bonds. The Hall–Kier alpha value is -0.420. The molecule has 1 aliphatic carbocycles. The largest absolute Gasteiger partial charge is 0.480 e. The highest BCUT2D eigenvalue weighted by Gasteiger charge is 2.38. The molecule has 0 saturated heterocycles. The number of hydrogen-bond donors (Lipinski definition) is 2. The van der Waals surface area contributed by atoms with E-state index >= 15 is 0 Å². The first kappa shape index (κ1) is 15.0. The third-order valence-corrected chi connectivity index (χ3v) is 4.66. The van der Waals surface area contributed by atoms with E-state index in [1.807, 2.05) is 0 Å². The minimum atomic E-state index is -0.930. The fraction of sp³-hybridized carbons (Fsp3) is 0.462. The first-order valence-corrected chi connectivity index (χ1v) is 7.73. The van der Waals surface area contributed by atoms with Gasteiger partial charge >= 0.3 is 5.97 Å². The summed E-state index contributed by atoms with van der Waals surface area (Å²) in [5, 5.41) is 13.7. The zero-order valence-electron chi connectivity index (χ0n) is 10.5. The fourth-order valence-electron chi connectivity index (χ4n) is 1.68. The van der Waals surface area contributed by atoms with E-state index in [2.05, 4.69) is 5.32 Å². The third-order valence-electron chi connectivity index (χ3n) is 2.94. The normalized spacial score (nSPS) is 18.1. The lowest BCUT2D eigenvalue weighted by Crippen LogP contribution is -2.52. The van der Waals surface area contributed by atoms with Gasteiger partial charge in [-0.25, -0.2) is 0 Å². The number of aliphatic carboxylic acids is 1. The van der Waals surface area contributed by atoms with Crippen molar-refractivity contribution in [3.63, 3.8) is 0 Å². The van der Waals surface area contributed by atoms with Crippen LogP contribution in [0.25, 0.3) is 0 Å². The van der Waals surface area contributed by atoms with E-state index in [1.54, 1.807) is 25.1 Å². The average Bonchev–Trinajstić information content (AvgIpc) is 3.09. The highest BCUT2D eigenvalue weighted by molar-refractivity contribution is 7.99. The van der Waals surface area contributed by atoms with Gasteiger partial charge in [-0.15, -0.1) is 11.8 Å². The lowest BCUT2D eigenvalue weighted by molar-refractivity contribution is -0.143. The van der Waals surface area contributed by atoms with Crippen LogP contribution in [0.5, 0.6) is 0 Å². The molecule has 104 valence electrons. The van der Waals surface area contributed by atoms with Crippen LogP contribution in [-0.4, -0.2) is 28.4 Å². The Morgan fingerprint density at radius 3 is 2.47 bits per heavy atom. The van der Waals surface area contributed by atoms with Crippen molar-refractivity contribution < 1.29 is 9.90 Å². The Kier molecular flexibility index (Phi) is 4.66. The van der Waals surface area contributed by atoms with Crippen LogP contribution in [0.4, 0.5) is 0 Å². The molecule has 1 aromatic rings. The number of carboxylic acids is 1. The number of rotatable bonds is 6. The molecule has 0 heterocycles. The fourth-order valence-corrected chi connectivity index (χ4v) is 3.42. The zero-order valence-corrected chi connectivity index (χ0v) is 12.8. The van der Waals surface area contributed by atoms with E-state index in [1.165, 1.54) is 11.8 Å². The van der Waals surface area contributed by atoms with Crippen molar-refractivity contribution in [1.29, 1.82) is 0 Å². The number of nitrogens with one attached hydrogen (secondary N) is 1.